The first kappa shape index (κ1) is 16.3. The molecule has 8 heteroatoms. The fourth-order valence-corrected chi connectivity index (χ4v) is 4.00. The molecule has 0 spiro atoms. The molecular weight excluding hydrogens is 356 g/mol. The number of ether oxygens (including phenoxy) is 1. The Morgan fingerprint density at radius 2 is 2.24 bits per heavy atom. The predicted molar refractivity (Wildman–Crippen MR) is 95.9 cm³/mol. The van der Waals surface area contributed by atoms with E-state index >= 15 is 0 Å². The SMILES string of the molecule is CCOC(=O)c1ccc(Sc2nnc(-c3cccs3)n2C2CC2)nc1. The van der Waals surface area contributed by atoms with Crippen molar-refractivity contribution in [1.29, 1.82) is 0 Å². The van der Waals surface area contributed by atoms with E-state index < -0.39 is 0 Å². The molecule has 0 saturated heterocycles. The molecule has 4 rings (SSSR count). The Labute approximate surface area is 153 Å². The normalized spacial score (nSPS) is 13.8. The van der Waals surface area contributed by atoms with Crippen LogP contribution >= 0.6 is 23.1 Å². The molecule has 0 aromatic carbocycles. The Bertz CT molecular complexity index is 871. The number of hydrogen-bond acceptors (Lipinski definition) is 7. The highest BCUT2D eigenvalue weighted by Gasteiger charge is 2.30. The average molecular weight is 372 g/mol. The lowest BCUT2D eigenvalue weighted by atomic mass is 10.3. The number of hydrogen-bond donors (Lipinski definition) is 0. The van der Waals surface area contributed by atoms with Gasteiger partial charge in [0, 0.05) is 12.2 Å². The summed E-state index contributed by atoms with van der Waals surface area (Å²) in [6.45, 7) is 2.14. The number of pyridine rings is 1. The molecule has 1 aliphatic carbocycles. The number of aromatic nitrogens is 4. The van der Waals surface area contributed by atoms with Gasteiger partial charge in [-0.25, -0.2) is 9.78 Å². The molecule has 0 radical (unpaired) electrons. The molecule has 25 heavy (non-hydrogen) atoms. The molecule has 1 saturated carbocycles. The fraction of sp³-hybridized carbons (Fsp3) is 0.294. The molecule has 1 fully saturated rings. The highest BCUT2D eigenvalue weighted by atomic mass is 32.2. The van der Waals surface area contributed by atoms with E-state index in [0.717, 1.165) is 33.7 Å². The highest BCUT2D eigenvalue weighted by Crippen LogP contribution is 2.42. The molecule has 0 N–H and O–H groups in total. The third-order valence-electron chi connectivity index (χ3n) is 3.76. The highest BCUT2D eigenvalue weighted by molar-refractivity contribution is 7.99. The minimum atomic E-state index is -0.354. The first-order valence-electron chi connectivity index (χ1n) is 8.06. The van der Waals surface area contributed by atoms with Crippen LogP contribution in [0.4, 0.5) is 0 Å². The smallest absolute Gasteiger partial charge is 0.339 e. The molecule has 1 aliphatic rings. The molecule has 3 aromatic heterocycles. The minimum absolute atomic E-state index is 0.353. The molecule has 0 bridgehead atoms. The van der Waals surface area contributed by atoms with E-state index in [0.29, 0.717) is 18.2 Å². The van der Waals surface area contributed by atoms with Crippen molar-refractivity contribution in [1.82, 2.24) is 19.7 Å². The average Bonchev–Trinajstić information content (AvgIpc) is 3.15. The van der Waals surface area contributed by atoms with Gasteiger partial charge in [0.15, 0.2) is 11.0 Å². The Morgan fingerprint density at radius 1 is 1.36 bits per heavy atom. The van der Waals surface area contributed by atoms with E-state index in [9.17, 15) is 4.79 Å². The van der Waals surface area contributed by atoms with Gasteiger partial charge in [-0.3, -0.25) is 4.57 Å². The zero-order valence-corrected chi connectivity index (χ0v) is 15.2. The van der Waals surface area contributed by atoms with Gasteiger partial charge in [0.2, 0.25) is 0 Å². The van der Waals surface area contributed by atoms with Crippen molar-refractivity contribution < 1.29 is 9.53 Å². The van der Waals surface area contributed by atoms with Crippen LogP contribution in [0, 0.1) is 0 Å². The third kappa shape index (κ3) is 3.45. The maximum Gasteiger partial charge on any atom is 0.339 e. The van der Waals surface area contributed by atoms with Crippen molar-refractivity contribution in [3.8, 4) is 10.7 Å². The van der Waals surface area contributed by atoms with E-state index in [-0.39, 0.29) is 5.97 Å². The van der Waals surface area contributed by atoms with Gasteiger partial charge >= 0.3 is 5.97 Å². The zero-order chi connectivity index (χ0) is 17.2. The summed E-state index contributed by atoms with van der Waals surface area (Å²) in [4.78, 5) is 17.2. The second-order valence-electron chi connectivity index (χ2n) is 5.59. The van der Waals surface area contributed by atoms with Gasteiger partial charge < -0.3 is 4.74 Å². The van der Waals surface area contributed by atoms with E-state index in [1.165, 1.54) is 11.8 Å². The summed E-state index contributed by atoms with van der Waals surface area (Å²) in [5.74, 6) is 0.566. The third-order valence-corrected chi connectivity index (χ3v) is 5.54. The Balaban J connectivity index is 1.58. The van der Waals surface area contributed by atoms with Gasteiger partial charge in [-0.15, -0.1) is 21.5 Å². The van der Waals surface area contributed by atoms with Crippen LogP contribution in [0.1, 0.15) is 36.2 Å². The molecule has 0 amide bonds. The van der Waals surface area contributed by atoms with Crippen molar-refractivity contribution in [2.75, 3.05) is 6.61 Å². The molecule has 6 nitrogen and oxygen atoms in total. The lowest BCUT2D eigenvalue weighted by molar-refractivity contribution is 0.0525. The second-order valence-corrected chi connectivity index (χ2v) is 7.53. The standard InChI is InChI=1S/C17H16N4O2S2/c1-2-23-16(22)11-5-8-14(18-10-11)25-17-20-19-15(13-4-3-9-24-13)21(17)12-6-7-12/h3-5,8-10,12H,2,6-7H2,1H3. The van der Waals surface area contributed by atoms with E-state index in [2.05, 4.69) is 25.8 Å². The molecule has 0 atom stereocenters. The first-order chi connectivity index (χ1) is 12.3. The van der Waals surface area contributed by atoms with Crippen LogP contribution < -0.4 is 0 Å². The van der Waals surface area contributed by atoms with Crippen LogP contribution in [0.25, 0.3) is 10.7 Å². The topological polar surface area (TPSA) is 69.9 Å². The van der Waals surface area contributed by atoms with Gasteiger partial charge in [-0.2, -0.15) is 0 Å². The maximum atomic E-state index is 11.7. The summed E-state index contributed by atoms with van der Waals surface area (Å²) in [5.41, 5.74) is 0.453. The summed E-state index contributed by atoms with van der Waals surface area (Å²) in [5, 5.41) is 12.4. The number of rotatable bonds is 6. The quantitative estimate of drug-likeness (QED) is 0.608. The van der Waals surface area contributed by atoms with E-state index in [4.69, 9.17) is 4.74 Å². The van der Waals surface area contributed by atoms with Crippen molar-refractivity contribution in [2.45, 2.75) is 36.0 Å². The van der Waals surface area contributed by atoms with Crippen LogP contribution in [0.5, 0.6) is 0 Å². The van der Waals surface area contributed by atoms with Crippen LogP contribution in [0.3, 0.4) is 0 Å². The monoisotopic (exact) mass is 372 g/mol. The Morgan fingerprint density at radius 3 is 2.88 bits per heavy atom. The molecule has 128 valence electrons. The molecule has 0 unspecified atom stereocenters. The maximum absolute atomic E-state index is 11.7. The predicted octanol–water partition coefficient (Wildman–Crippen LogP) is 4.06. The van der Waals surface area contributed by atoms with Crippen molar-refractivity contribution >= 4 is 29.1 Å². The molecule has 3 heterocycles. The van der Waals surface area contributed by atoms with Gasteiger partial charge in [0.1, 0.15) is 5.03 Å². The minimum Gasteiger partial charge on any atom is -0.462 e. The van der Waals surface area contributed by atoms with E-state index in [1.807, 2.05) is 17.5 Å². The first-order valence-corrected chi connectivity index (χ1v) is 9.75. The fourth-order valence-electron chi connectivity index (χ4n) is 2.45. The van der Waals surface area contributed by atoms with Crippen LogP contribution in [0.2, 0.25) is 0 Å². The lowest BCUT2D eigenvalue weighted by Crippen LogP contribution is -2.05. The summed E-state index contributed by atoms with van der Waals surface area (Å²) in [6, 6.07) is 8.09. The lowest BCUT2D eigenvalue weighted by Gasteiger charge is -2.07. The number of carbonyl (C=O) groups is 1. The van der Waals surface area contributed by atoms with E-state index in [1.54, 1.807) is 30.5 Å². The second kappa shape index (κ2) is 6.97. The summed E-state index contributed by atoms with van der Waals surface area (Å²) in [6.07, 6.45) is 3.84. The number of carbonyl (C=O) groups excluding carboxylic acids is 1. The summed E-state index contributed by atoms with van der Waals surface area (Å²) < 4.78 is 7.18. The Hall–Kier alpha value is -2.19. The van der Waals surface area contributed by atoms with Crippen molar-refractivity contribution in [2.24, 2.45) is 0 Å². The van der Waals surface area contributed by atoms with Gasteiger partial charge in [-0.05, 0) is 55.1 Å². The zero-order valence-electron chi connectivity index (χ0n) is 13.6. The van der Waals surface area contributed by atoms with Crippen LogP contribution in [-0.2, 0) is 4.74 Å². The van der Waals surface area contributed by atoms with Crippen molar-refractivity contribution in [3.63, 3.8) is 0 Å². The summed E-state index contributed by atoms with van der Waals surface area (Å²) >= 11 is 3.13. The van der Waals surface area contributed by atoms with Crippen molar-refractivity contribution in [3.05, 3.63) is 41.4 Å². The molecular formula is C17H16N4O2S2. The van der Waals surface area contributed by atoms with Crippen LogP contribution in [-0.4, -0.2) is 32.3 Å². The largest absolute Gasteiger partial charge is 0.462 e. The number of esters is 1. The molecule has 0 aliphatic heterocycles. The summed E-state index contributed by atoms with van der Waals surface area (Å²) in [7, 11) is 0. The molecule has 3 aromatic rings. The number of nitrogens with zero attached hydrogens (tertiary/aromatic N) is 4. The Kier molecular flexibility index (Phi) is 4.54. The van der Waals surface area contributed by atoms with Gasteiger partial charge in [0.25, 0.3) is 0 Å². The van der Waals surface area contributed by atoms with Crippen LogP contribution in [0.15, 0.2) is 46.0 Å². The van der Waals surface area contributed by atoms with Gasteiger partial charge in [-0.1, -0.05) is 6.07 Å². The van der Waals surface area contributed by atoms with Gasteiger partial charge in [0.05, 0.1) is 17.0 Å². The number of thiophene rings is 1.